The smallest absolute Gasteiger partial charge is 0.422 e. The average Bonchev–Trinajstić information content (AvgIpc) is 3.28. The SMILES string of the molecule is O=C(NCc1ccccc1OCC(F)(F)F)c1nn(-c2ccc(F)cc2)c(-c2ccccc2)c1C(F)F. The highest BCUT2D eigenvalue weighted by Gasteiger charge is 2.31. The number of aromatic nitrogens is 2. The molecule has 1 aromatic heterocycles. The highest BCUT2D eigenvalue weighted by Crippen LogP contribution is 2.36. The highest BCUT2D eigenvalue weighted by atomic mass is 19.4. The summed E-state index contributed by atoms with van der Waals surface area (Å²) in [5.74, 6) is -1.63. The second kappa shape index (κ2) is 10.8. The Bertz CT molecular complexity index is 1370. The molecule has 0 bridgehead atoms. The number of hydrogen-bond acceptors (Lipinski definition) is 3. The van der Waals surface area contributed by atoms with Crippen LogP contribution >= 0.6 is 0 Å². The van der Waals surface area contributed by atoms with Gasteiger partial charge in [-0.1, -0.05) is 48.5 Å². The topological polar surface area (TPSA) is 56.1 Å². The normalized spacial score (nSPS) is 11.5. The largest absolute Gasteiger partial charge is 0.484 e. The van der Waals surface area contributed by atoms with Crippen molar-refractivity contribution in [1.82, 2.24) is 15.1 Å². The second-order valence-electron chi connectivity index (χ2n) is 7.86. The number of carbonyl (C=O) groups excluding carboxylic acids is 1. The Balaban J connectivity index is 1.70. The molecule has 0 unspecified atom stereocenters. The maximum Gasteiger partial charge on any atom is 0.422 e. The van der Waals surface area contributed by atoms with E-state index in [-0.39, 0.29) is 29.2 Å². The summed E-state index contributed by atoms with van der Waals surface area (Å²) in [7, 11) is 0. The Morgan fingerprint density at radius 2 is 1.59 bits per heavy atom. The molecule has 0 fully saturated rings. The molecule has 0 atom stereocenters. The molecule has 192 valence electrons. The zero-order valence-corrected chi connectivity index (χ0v) is 19.0. The van der Waals surface area contributed by atoms with Crippen molar-refractivity contribution in [2.45, 2.75) is 19.1 Å². The van der Waals surface area contributed by atoms with Crippen LogP contribution in [-0.2, 0) is 6.54 Å². The van der Waals surface area contributed by atoms with Crippen LogP contribution in [0, 0.1) is 5.82 Å². The van der Waals surface area contributed by atoms with Crippen molar-refractivity contribution in [2.24, 2.45) is 0 Å². The molecule has 0 radical (unpaired) electrons. The van der Waals surface area contributed by atoms with Crippen molar-refractivity contribution in [3.05, 3.63) is 102 Å². The quantitative estimate of drug-likeness (QED) is 0.271. The Hall–Kier alpha value is -4.28. The van der Waals surface area contributed by atoms with Gasteiger partial charge in [-0.3, -0.25) is 4.79 Å². The minimum Gasteiger partial charge on any atom is -0.484 e. The molecule has 0 spiro atoms. The van der Waals surface area contributed by atoms with E-state index in [2.05, 4.69) is 10.4 Å². The lowest BCUT2D eigenvalue weighted by molar-refractivity contribution is -0.153. The van der Waals surface area contributed by atoms with Crippen molar-refractivity contribution >= 4 is 5.91 Å². The zero-order chi connectivity index (χ0) is 26.6. The van der Waals surface area contributed by atoms with Crippen LogP contribution in [0.25, 0.3) is 16.9 Å². The number of carbonyl (C=O) groups is 1. The van der Waals surface area contributed by atoms with Gasteiger partial charge in [-0.05, 0) is 30.3 Å². The van der Waals surface area contributed by atoms with Gasteiger partial charge in [0.15, 0.2) is 12.3 Å². The number of nitrogens with one attached hydrogen (secondary N) is 1. The second-order valence-corrected chi connectivity index (χ2v) is 7.86. The number of rotatable bonds is 8. The Morgan fingerprint density at radius 3 is 2.24 bits per heavy atom. The fourth-order valence-corrected chi connectivity index (χ4v) is 3.66. The first-order valence-corrected chi connectivity index (χ1v) is 10.9. The van der Waals surface area contributed by atoms with Gasteiger partial charge in [-0.2, -0.15) is 18.3 Å². The first-order chi connectivity index (χ1) is 17.6. The van der Waals surface area contributed by atoms with Crippen molar-refractivity contribution in [3.63, 3.8) is 0 Å². The third kappa shape index (κ3) is 6.11. The van der Waals surface area contributed by atoms with Crippen LogP contribution in [-0.4, -0.2) is 28.5 Å². The average molecular weight is 519 g/mol. The summed E-state index contributed by atoms with van der Waals surface area (Å²) >= 11 is 0. The molecule has 0 saturated heterocycles. The van der Waals surface area contributed by atoms with Crippen molar-refractivity contribution < 1.29 is 35.9 Å². The van der Waals surface area contributed by atoms with Gasteiger partial charge >= 0.3 is 6.18 Å². The molecule has 0 aliphatic rings. The molecule has 1 heterocycles. The summed E-state index contributed by atoms with van der Waals surface area (Å²) in [4.78, 5) is 13.1. The third-order valence-corrected chi connectivity index (χ3v) is 5.28. The zero-order valence-electron chi connectivity index (χ0n) is 19.0. The maximum absolute atomic E-state index is 14.3. The van der Waals surface area contributed by atoms with E-state index < -0.39 is 42.2 Å². The highest BCUT2D eigenvalue weighted by molar-refractivity contribution is 5.96. The van der Waals surface area contributed by atoms with Crippen molar-refractivity contribution in [1.29, 1.82) is 0 Å². The van der Waals surface area contributed by atoms with E-state index in [1.807, 2.05) is 0 Å². The number of hydrogen-bond donors (Lipinski definition) is 1. The summed E-state index contributed by atoms with van der Waals surface area (Å²) in [6, 6.07) is 18.7. The molecule has 37 heavy (non-hydrogen) atoms. The van der Waals surface area contributed by atoms with Crippen molar-refractivity contribution in [3.8, 4) is 22.7 Å². The molecule has 1 N–H and O–H groups in total. The molecule has 11 heteroatoms. The fraction of sp³-hybridized carbons (Fsp3) is 0.154. The Morgan fingerprint density at radius 1 is 0.946 bits per heavy atom. The van der Waals surface area contributed by atoms with E-state index in [0.29, 0.717) is 5.56 Å². The first kappa shape index (κ1) is 25.8. The minimum absolute atomic E-state index is 0.0544. The molecule has 4 rings (SSSR count). The number of ether oxygens (including phenoxy) is 1. The number of nitrogens with zero attached hydrogens (tertiary/aromatic N) is 2. The predicted molar refractivity (Wildman–Crippen MR) is 123 cm³/mol. The molecular weight excluding hydrogens is 500 g/mol. The van der Waals surface area contributed by atoms with E-state index in [9.17, 15) is 31.1 Å². The van der Waals surface area contributed by atoms with Gasteiger partial charge in [0, 0.05) is 17.7 Å². The van der Waals surface area contributed by atoms with E-state index in [1.165, 1.54) is 36.4 Å². The molecule has 0 saturated carbocycles. The van der Waals surface area contributed by atoms with Gasteiger partial charge in [-0.15, -0.1) is 0 Å². The van der Waals surface area contributed by atoms with Gasteiger partial charge in [0.1, 0.15) is 11.6 Å². The predicted octanol–water partition coefficient (Wildman–Crippen LogP) is 6.49. The van der Waals surface area contributed by atoms with E-state index in [0.717, 1.165) is 16.8 Å². The lowest BCUT2D eigenvalue weighted by Crippen LogP contribution is -2.25. The van der Waals surface area contributed by atoms with Crippen LogP contribution in [0.1, 0.15) is 28.0 Å². The lowest BCUT2D eigenvalue weighted by Gasteiger charge is -2.13. The molecule has 5 nitrogen and oxygen atoms in total. The summed E-state index contributed by atoms with van der Waals surface area (Å²) in [6.45, 7) is -1.84. The molecule has 0 aliphatic heterocycles. The maximum atomic E-state index is 14.3. The number of benzene rings is 3. The number of amides is 1. The van der Waals surface area contributed by atoms with Crippen LogP contribution in [0.5, 0.6) is 5.75 Å². The summed E-state index contributed by atoms with van der Waals surface area (Å²) in [5.41, 5.74) is -0.477. The van der Waals surface area contributed by atoms with E-state index in [4.69, 9.17) is 4.74 Å². The van der Waals surface area contributed by atoms with Gasteiger partial charge in [0.2, 0.25) is 0 Å². The summed E-state index contributed by atoms with van der Waals surface area (Å²) in [6.07, 6.45) is -7.67. The van der Waals surface area contributed by atoms with Crippen LogP contribution in [0.15, 0.2) is 78.9 Å². The molecular formula is C26H19F6N3O2. The standard InChI is InChI=1S/C26H19F6N3O2/c27-18-10-12-19(13-11-18)35-23(16-6-2-1-3-7-16)21(24(28)29)22(34-35)25(36)33-14-17-8-4-5-9-20(17)37-15-26(30,31)32/h1-13,24H,14-15H2,(H,33,36). The van der Waals surface area contributed by atoms with Crippen molar-refractivity contribution in [2.75, 3.05) is 6.61 Å². The number of alkyl halides is 5. The summed E-state index contributed by atoms with van der Waals surface area (Å²) in [5, 5.41) is 6.56. The number of para-hydroxylation sites is 1. The molecule has 3 aromatic carbocycles. The van der Waals surface area contributed by atoms with Gasteiger partial charge in [0.05, 0.1) is 16.9 Å². The lowest BCUT2D eigenvalue weighted by atomic mass is 10.0. The molecule has 0 aliphatic carbocycles. The van der Waals surface area contributed by atoms with Crippen LogP contribution in [0.4, 0.5) is 26.3 Å². The van der Waals surface area contributed by atoms with Gasteiger partial charge in [0.25, 0.3) is 12.3 Å². The minimum atomic E-state index is -4.57. The Kier molecular flexibility index (Phi) is 7.51. The third-order valence-electron chi connectivity index (χ3n) is 5.28. The molecule has 4 aromatic rings. The van der Waals surface area contributed by atoms with Crippen LogP contribution in [0.3, 0.4) is 0 Å². The van der Waals surface area contributed by atoms with Gasteiger partial charge < -0.3 is 10.1 Å². The Labute approximate surface area is 207 Å². The summed E-state index contributed by atoms with van der Waals surface area (Å²) < 4.78 is 85.8. The number of halogens is 6. The van der Waals surface area contributed by atoms with Crippen LogP contribution < -0.4 is 10.1 Å². The monoisotopic (exact) mass is 519 g/mol. The van der Waals surface area contributed by atoms with Gasteiger partial charge in [-0.25, -0.2) is 17.9 Å². The van der Waals surface area contributed by atoms with E-state index in [1.54, 1.807) is 30.3 Å². The fourth-order valence-electron chi connectivity index (χ4n) is 3.66. The van der Waals surface area contributed by atoms with Crippen LogP contribution in [0.2, 0.25) is 0 Å². The first-order valence-electron chi connectivity index (χ1n) is 10.9. The molecule has 1 amide bonds. The van der Waals surface area contributed by atoms with E-state index >= 15 is 0 Å².